The van der Waals surface area contributed by atoms with Gasteiger partial charge in [-0.25, -0.2) is 0 Å². The first-order chi connectivity index (χ1) is 7.76. The fourth-order valence-electron chi connectivity index (χ4n) is 2.10. The number of methoxy groups -OCH3 is 1. The van der Waals surface area contributed by atoms with Crippen LogP contribution in [-0.4, -0.2) is 39.8 Å². The highest BCUT2D eigenvalue weighted by atomic mass is 127. The van der Waals surface area contributed by atoms with Crippen molar-refractivity contribution in [2.24, 2.45) is 10.4 Å². The number of hydrogen-bond acceptors (Lipinski definition) is 2. The van der Waals surface area contributed by atoms with Crippen molar-refractivity contribution in [2.45, 2.75) is 32.6 Å². The van der Waals surface area contributed by atoms with Crippen molar-refractivity contribution in [3.05, 3.63) is 0 Å². The van der Waals surface area contributed by atoms with Crippen LogP contribution in [0.1, 0.15) is 32.6 Å². The van der Waals surface area contributed by atoms with Crippen LogP contribution in [0, 0.1) is 5.41 Å². The third kappa shape index (κ3) is 5.42. The van der Waals surface area contributed by atoms with E-state index in [4.69, 9.17) is 4.74 Å². The van der Waals surface area contributed by atoms with Crippen LogP contribution in [0.5, 0.6) is 0 Å². The van der Waals surface area contributed by atoms with E-state index >= 15 is 0 Å². The fourth-order valence-corrected chi connectivity index (χ4v) is 2.10. The van der Waals surface area contributed by atoms with Crippen LogP contribution < -0.4 is 10.6 Å². The van der Waals surface area contributed by atoms with Gasteiger partial charge in [0.15, 0.2) is 5.96 Å². The third-order valence-electron chi connectivity index (χ3n) is 3.62. The molecule has 0 atom stereocenters. The van der Waals surface area contributed by atoms with Crippen molar-refractivity contribution < 1.29 is 4.74 Å². The summed E-state index contributed by atoms with van der Waals surface area (Å²) >= 11 is 0. The van der Waals surface area contributed by atoms with E-state index in [0.29, 0.717) is 12.0 Å². The van der Waals surface area contributed by atoms with Gasteiger partial charge in [0, 0.05) is 27.2 Å². The first-order valence-electron chi connectivity index (χ1n) is 6.20. The smallest absolute Gasteiger partial charge is 0.191 e. The molecule has 1 rings (SSSR count). The van der Waals surface area contributed by atoms with Crippen LogP contribution in [0.15, 0.2) is 4.99 Å². The molecule has 0 bridgehead atoms. The quantitative estimate of drug-likeness (QED) is 0.332. The van der Waals surface area contributed by atoms with Crippen LogP contribution >= 0.6 is 24.0 Å². The van der Waals surface area contributed by atoms with Gasteiger partial charge in [0.2, 0.25) is 0 Å². The summed E-state index contributed by atoms with van der Waals surface area (Å²) in [5, 5.41) is 6.63. The van der Waals surface area contributed by atoms with E-state index in [1.54, 1.807) is 7.11 Å². The number of aliphatic imine (C=N–C) groups is 1. The lowest BCUT2D eigenvalue weighted by molar-refractivity contribution is 0.131. The molecule has 1 aliphatic rings. The van der Waals surface area contributed by atoms with E-state index < -0.39 is 0 Å². The third-order valence-corrected chi connectivity index (χ3v) is 3.62. The Morgan fingerprint density at radius 3 is 2.47 bits per heavy atom. The lowest BCUT2D eigenvalue weighted by Crippen LogP contribution is -2.46. The van der Waals surface area contributed by atoms with Crippen LogP contribution in [0.3, 0.4) is 0 Å². The Morgan fingerprint density at radius 1 is 1.35 bits per heavy atom. The van der Waals surface area contributed by atoms with Crippen molar-refractivity contribution in [1.82, 2.24) is 10.6 Å². The Labute approximate surface area is 122 Å². The number of hydrogen-bond donors (Lipinski definition) is 2. The first kappa shape index (κ1) is 17.0. The number of ether oxygens (including phenoxy) is 1. The van der Waals surface area contributed by atoms with E-state index in [2.05, 4.69) is 22.5 Å². The van der Waals surface area contributed by atoms with Gasteiger partial charge in [-0.3, -0.25) is 4.99 Å². The van der Waals surface area contributed by atoms with Gasteiger partial charge >= 0.3 is 0 Å². The van der Waals surface area contributed by atoms with E-state index in [1.165, 1.54) is 25.7 Å². The summed E-state index contributed by atoms with van der Waals surface area (Å²) in [7, 11) is 3.51. The molecule has 4 nitrogen and oxygen atoms in total. The molecule has 0 aromatic heterocycles. The molecular formula is C12H26IN3O. The molecule has 0 aromatic carbocycles. The predicted molar refractivity (Wildman–Crippen MR) is 83.2 cm³/mol. The van der Waals surface area contributed by atoms with E-state index in [9.17, 15) is 0 Å². The maximum absolute atomic E-state index is 4.99. The number of guanidine groups is 1. The van der Waals surface area contributed by atoms with Gasteiger partial charge in [-0.15, -0.1) is 24.0 Å². The zero-order valence-electron chi connectivity index (χ0n) is 11.2. The molecule has 0 spiro atoms. The molecule has 0 saturated heterocycles. The Kier molecular flexibility index (Phi) is 8.94. The van der Waals surface area contributed by atoms with Gasteiger partial charge < -0.3 is 15.4 Å². The number of halogens is 1. The molecule has 0 amide bonds. The van der Waals surface area contributed by atoms with E-state index in [-0.39, 0.29) is 24.0 Å². The standard InChI is InChI=1S/C12H25N3O.HI/c1-4-12(6-5-7-12)10-15-11(13-2)14-8-9-16-3;/h4-10H2,1-3H3,(H2,13,14,15);1H. The molecule has 0 radical (unpaired) electrons. The highest BCUT2D eigenvalue weighted by Gasteiger charge is 2.34. The Balaban J connectivity index is 0.00000256. The van der Waals surface area contributed by atoms with Gasteiger partial charge in [0.25, 0.3) is 0 Å². The molecule has 1 saturated carbocycles. The van der Waals surface area contributed by atoms with Crippen molar-refractivity contribution in [1.29, 1.82) is 0 Å². The number of nitrogens with zero attached hydrogens (tertiary/aromatic N) is 1. The average Bonchev–Trinajstić information content (AvgIpc) is 2.26. The summed E-state index contributed by atoms with van der Waals surface area (Å²) < 4.78 is 4.99. The second kappa shape index (κ2) is 8.97. The highest BCUT2D eigenvalue weighted by Crippen LogP contribution is 2.42. The molecule has 1 aliphatic carbocycles. The van der Waals surface area contributed by atoms with Crippen molar-refractivity contribution in [3.8, 4) is 0 Å². The summed E-state index contributed by atoms with van der Waals surface area (Å²) in [6.07, 6.45) is 5.34. The zero-order valence-corrected chi connectivity index (χ0v) is 13.5. The van der Waals surface area contributed by atoms with Gasteiger partial charge in [-0.05, 0) is 24.7 Å². The van der Waals surface area contributed by atoms with Crippen LogP contribution in [0.2, 0.25) is 0 Å². The minimum absolute atomic E-state index is 0. The Morgan fingerprint density at radius 2 is 2.06 bits per heavy atom. The molecule has 0 unspecified atom stereocenters. The molecule has 17 heavy (non-hydrogen) atoms. The zero-order chi connectivity index (χ0) is 11.9. The molecular weight excluding hydrogens is 329 g/mol. The van der Waals surface area contributed by atoms with Gasteiger partial charge in [0.05, 0.1) is 6.61 Å². The second-order valence-corrected chi connectivity index (χ2v) is 4.55. The molecule has 0 aromatic rings. The average molecular weight is 355 g/mol. The van der Waals surface area contributed by atoms with E-state index in [1.807, 2.05) is 7.05 Å². The SMILES string of the molecule is CCC1(CNC(=NC)NCCOC)CCC1.I. The van der Waals surface area contributed by atoms with Gasteiger partial charge in [-0.1, -0.05) is 13.3 Å². The molecule has 102 valence electrons. The normalized spacial score (nSPS) is 17.9. The molecule has 1 fully saturated rings. The van der Waals surface area contributed by atoms with Crippen LogP contribution in [0.4, 0.5) is 0 Å². The van der Waals surface area contributed by atoms with Crippen LogP contribution in [-0.2, 0) is 4.74 Å². The maximum Gasteiger partial charge on any atom is 0.191 e. The fraction of sp³-hybridized carbons (Fsp3) is 0.917. The number of nitrogens with one attached hydrogen (secondary N) is 2. The highest BCUT2D eigenvalue weighted by molar-refractivity contribution is 14.0. The lowest BCUT2D eigenvalue weighted by Gasteiger charge is -2.41. The topological polar surface area (TPSA) is 45.7 Å². The second-order valence-electron chi connectivity index (χ2n) is 4.55. The molecule has 0 heterocycles. The Bertz CT molecular complexity index is 224. The van der Waals surface area contributed by atoms with Gasteiger partial charge in [0.1, 0.15) is 0 Å². The summed E-state index contributed by atoms with van der Waals surface area (Å²) in [5.41, 5.74) is 0.527. The summed E-state index contributed by atoms with van der Waals surface area (Å²) in [4.78, 5) is 4.19. The van der Waals surface area contributed by atoms with Crippen molar-refractivity contribution in [3.63, 3.8) is 0 Å². The number of rotatable bonds is 6. The molecule has 5 heteroatoms. The Hall–Kier alpha value is -0.0400. The largest absolute Gasteiger partial charge is 0.383 e. The monoisotopic (exact) mass is 355 g/mol. The maximum atomic E-state index is 4.99. The first-order valence-corrected chi connectivity index (χ1v) is 6.20. The lowest BCUT2D eigenvalue weighted by atomic mass is 9.67. The summed E-state index contributed by atoms with van der Waals surface area (Å²) in [6, 6.07) is 0. The van der Waals surface area contributed by atoms with Crippen LogP contribution in [0.25, 0.3) is 0 Å². The summed E-state index contributed by atoms with van der Waals surface area (Å²) in [5.74, 6) is 0.886. The minimum Gasteiger partial charge on any atom is -0.383 e. The van der Waals surface area contributed by atoms with Gasteiger partial charge in [-0.2, -0.15) is 0 Å². The van der Waals surface area contributed by atoms with Crippen molar-refractivity contribution >= 4 is 29.9 Å². The van der Waals surface area contributed by atoms with E-state index in [0.717, 1.165) is 19.0 Å². The van der Waals surface area contributed by atoms with Crippen molar-refractivity contribution in [2.75, 3.05) is 33.9 Å². The predicted octanol–water partition coefficient (Wildman–Crippen LogP) is 2.00. The minimum atomic E-state index is 0. The molecule has 0 aliphatic heterocycles. The summed E-state index contributed by atoms with van der Waals surface area (Å²) in [6.45, 7) is 4.83. The molecule has 2 N–H and O–H groups in total.